The second-order valence-corrected chi connectivity index (χ2v) is 3.29. The van der Waals surface area contributed by atoms with Crippen molar-refractivity contribution >= 4 is 11.6 Å². The third-order valence-corrected chi connectivity index (χ3v) is 2.18. The molecule has 0 atom stereocenters. The molecule has 2 aromatic rings. The van der Waals surface area contributed by atoms with E-state index >= 15 is 0 Å². The van der Waals surface area contributed by atoms with Crippen molar-refractivity contribution in [3.8, 4) is 11.4 Å². The minimum Gasteiger partial charge on any atom is -0.339 e. The van der Waals surface area contributed by atoms with Crippen molar-refractivity contribution in [3.05, 3.63) is 45.6 Å². The molecular weight excluding hydrogens is 230 g/mol. The van der Waals surface area contributed by atoms with Gasteiger partial charge >= 0.3 is 0 Å². The zero-order chi connectivity index (χ0) is 11.4. The van der Waals surface area contributed by atoms with Crippen molar-refractivity contribution in [2.45, 2.75) is 6.54 Å². The fourth-order valence-corrected chi connectivity index (χ4v) is 1.38. The fraction of sp³-hybridized carbons (Fsp3) is 0.111. The van der Waals surface area contributed by atoms with E-state index in [9.17, 15) is 0 Å². The third-order valence-electron chi connectivity index (χ3n) is 1.85. The van der Waals surface area contributed by atoms with Gasteiger partial charge < -0.3 is 4.52 Å². The Labute approximate surface area is 95.5 Å². The van der Waals surface area contributed by atoms with Crippen LogP contribution in [0.1, 0.15) is 5.89 Å². The minimum absolute atomic E-state index is 0.0357. The first kappa shape index (κ1) is 10.5. The lowest BCUT2D eigenvalue weighted by Gasteiger charge is -1.95. The Kier molecular flexibility index (Phi) is 3.05. The maximum absolute atomic E-state index is 8.14. The van der Waals surface area contributed by atoms with Gasteiger partial charge in [-0.3, -0.25) is 0 Å². The van der Waals surface area contributed by atoms with Crippen molar-refractivity contribution < 1.29 is 4.52 Å². The first-order chi connectivity index (χ1) is 7.81. The molecule has 0 aliphatic rings. The van der Waals surface area contributed by atoms with Gasteiger partial charge in [-0.1, -0.05) is 34.0 Å². The molecule has 2 rings (SSSR count). The van der Waals surface area contributed by atoms with Gasteiger partial charge in [0.05, 0.1) is 5.02 Å². The lowest BCUT2D eigenvalue weighted by molar-refractivity contribution is 0.380. The molecule has 0 N–H and O–H groups in total. The van der Waals surface area contributed by atoms with Gasteiger partial charge in [-0.25, -0.2) is 0 Å². The molecule has 0 aliphatic carbocycles. The summed E-state index contributed by atoms with van der Waals surface area (Å²) in [6.45, 7) is 0.0357. The number of aromatic nitrogens is 2. The Morgan fingerprint density at radius 2 is 2.25 bits per heavy atom. The van der Waals surface area contributed by atoms with E-state index in [0.29, 0.717) is 16.4 Å². The number of hydrogen-bond acceptors (Lipinski definition) is 4. The Morgan fingerprint density at radius 3 is 3.00 bits per heavy atom. The molecule has 0 unspecified atom stereocenters. The quantitative estimate of drug-likeness (QED) is 0.465. The number of nitrogens with zero attached hydrogens (tertiary/aromatic N) is 5. The molecule has 0 saturated carbocycles. The third kappa shape index (κ3) is 2.13. The summed E-state index contributed by atoms with van der Waals surface area (Å²) in [5, 5.41) is 7.61. The van der Waals surface area contributed by atoms with Crippen LogP contribution in [-0.4, -0.2) is 10.1 Å². The highest BCUT2D eigenvalue weighted by Crippen LogP contribution is 2.24. The van der Waals surface area contributed by atoms with Gasteiger partial charge in [0.2, 0.25) is 11.7 Å². The normalized spacial score (nSPS) is 9.81. The molecule has 1 aromatic heterocycles. The van der Waals surface area contributed by atoms with Gasteiger partial charge in [-0.15, -0.1) is 0 Å². The highest BCUT2D eigenvalue weighted by Gasteiger charge is 2.10. The average Bonchev–Trinajstić information content (AvgIpc) is 2.75. The summed E-state index contributed by atoms with van der Waals surface area (Å²) in [5.41, 5.74) is 8.82. The smallest absolute Gasteiger partial charge is 0.232 e. The largest absolute Gasteiger partial charge is 0.339 e. The van der Waals surface area contributed by atoms with E-state index in [1.165, 1.54) is 0 Å². The van der Waals surface area contributed by atoms with Crippen LogP contribution in [0.2, 0.25) is 5.02 Å². The molecule has 0 fully saturated rings. The Morgan fingerprint density at radius 1 is 1.44 bits per heavy atom. The van der Waals surface area contributed by atoms with E-state index < -0.39 is 0 Å². The highest BCUT2D eigenvalue weighted by molar-refractivity contribution is 6.33. The summed E-state index contributed by atoms with van der Waals surface area (Å²) < 4.78 is 4.89. The molecule has 0 spiro atoms. The summed E-state index contributed by atoms with van der Waals surface area (Å²) in [6, 6.07) is 7.16. The highest BCUT2D eigenvalue weighted by atomic mass is 35.5. The van der Waals surface area contributed by atoms with Crippen LogP contribution < -0.4 is 0 Å². The molecule has 16 heavy (non-hydrogen) atoms. The van der Waals surface area contributed by atoms with Gasteiger partial charge in [0.15, 0.2) is 0 Å². The van der Waals surface area contributed by atoms with Gasteiger partial charge in [0, 0.05) is 10.5 Å². The number of rotatable bonds is 3. The molecule has 6 nitrogen and oxygen atoms in total. The van der Waals surface area contributed by atoms with Crippen LogP contribution in [0.5, 0.6) is 0 Å². The summed E-state index contributed by atoms with van der Waals surface area (Å²) in [5.74, 6) is 0.640. The molecule has 1 aromatic carbocycles. The Bertz CT molecular complexity index is 546. The van der Waals surface area contributed by atoms with E-state index in [2.05, 4.69) is 20.2 Å². The van der Waals surface area contributed by atoms with Gasteiger partial charge in [0.1, 0.15) is 6.54 Å². The SMILES string of the molecule is [N-]=[N+]=NCc1nc(-c2ccccc2Cl)no1. The Balaban J connectivity index is 2.31. The summed E-state index contributed by atoms with van der Waals surface area (Å²) in [7, 11) is 0. The van der Waals surface area contributed by atoms with E-state index in [1.54, 1.807) is 12.1 Å². The standard InChI is InChI=1S/C9H6ClN5O/c10-7-4-2-1-3-6(7)9-13-8(16-14-9)5-12-15-11/h1-4H,5H2. The molecule has 1 heterocycles. The topological polar surface area (TPSA) is 87.7 Å². The van der Waals surface area contributed by atoms with Crippen molar-refractivity contribution in [2.75, 3.05) is 0 Å². The summed E-state index contributed by atoms with van der Waals surface area (Å²) >= 11 is 5.97. The summed E-state index contributed by atoms with van der Waals surface area (Å²) in [4.78, 5) is 6.65. The molecular formula is C9H6ClN5O. The molecule has 0 radical (unpaired) electrons. The molecule has 80 valence electrons. The first-order valence-electron chi connectivity index (χ1n) is 4.39. The number of hydrogen-bond donors (Lipinski definition) is 0. The van der Waals surface area contributed by atoms with E-state index in [1.807, 2.05) is 12.1 Å². The van der Waals surface area contributed by atoms with Gasteiger partial charge in [0.25, 0.3) is 0 Å². The minimum atomic E-state index is 0.0357. The van der Waals surface area contributed by atoms with Crippen molar-refractivity contribution in [2.24, 2.45) is 5.11 Å². The molecule has 7 heteroatoms. The van der Waals surface area contributed by atoms with Crippen LogP contribution in [0.3, 0.4) is 0 Å². The maximum Gasteiger partial charge on any atom is 0.232 e. The van der Waals surface area contributed by atoms with Crippen LogP contribution in [0.15, 0.2) is 33.9 Å². The fourth-order valence-electron chi connectivity index (χ4n) is 1.16. The van der Waals surface area contributed by atoms with E-state index in [0.717, 1.165) is 0 Å². The second-order valence-electron chi connectivity index (χ2n) is 2.88. The number of halogens is 1. The maximum atomic E-state index is 8.14. The van der Waals surface area contributed by atoms with Crippen molar-refractivity contribution in [3.63, 3.8) is 0 Å². The van der Waals surface area contributed by atoms with Gasteiger partial charge in [-0.2, -0.15) is 4.98 Å². The molecule has 0 saturated heterocycles. The van der Waals surface area contributed by atoms with Crippen LogP contribution in [0, 0.1) is 0 Å². The molecule has 0 bridgehead atoms. The first-order valence-corrected chi connectivity index (χ1v) is 4.77. The monoisotopic (exact) mass is 235 g/mol. The predicted molar refractivity (Wildman–Crippen MR) is 57.6 cm³/mol. The van der Waals surface area contributed by atoms with E-state index in [-0.39, 0.29) is 12.4 Å². The van der Waals surface area contributed by atoms with Crippen molar-refractivity contribution in [1.82, 2.24) is 10.1 Å². The lowest BCUT2D eigenvalue weighted by Crippen LogP contribution is -1.83. The Hall–Kier alpha value is -2.04. The van der Waals surface area contributed by atoms with Crippen LogP contribution in [-0.2, 0) is 6.54 Å². The zero-order valence-electron chi connectivity index (χ0n) is 8.04. The lowest BCUT2D eigenvalue weighted by atomic mass is 10.2. The molecule has 0 amide bonds. The van der Waals surface area contributed by atoms with Gasteiger partial charge in [-0.05, 0) is 17.7 Å². The average molecular weight is 236 g/mol. The number of benzene rings is 1. The van der Waals surface area contributed by atoms with Crippen LogP contribution in [0.4, 0.5) is 0 Å². The van der Waals surface area contributed by atoms with E-state index in [4.69, 9.17) is 21.7 Å². The predicted octanol–water partition coefficient (Wildman–Crippen LogP) is 3.20. The van der Waals surface area contributed by atoms with Crippen LogP contribution in [0.25, 0.3) is 21.8 Å². The van der Waals surface area contributed by atoms with Crippen molar-refractivity contribution in [1.29, 1.82) is 0 Å². The molecule has 0 aliphatic heterocycles. The van der Waals surface area contributed by atoms with Crippen LogP contribution >= 0.6 is 11.6 Å². The summed E-state index contributed by atoms with van der Waals surface area (Å²) in [6.07, 6.45) is 0. The number of azide groups is 1. The second kappa shape index (κ2) is 4.65. The zero-order valence-corrected chi connectivity index (χ0v) is 8.79.